The Morgan fingerprint density at radius 3 is 1.13 bits per heavy atom. The summed E-state index contributed by atoms with van der Waals surface area (Å²) in [6, 6.07) is 22.5. The van der Waals surface area contributed by atoms with Gasteiger partial charge in [0.2, 0.25) is 0 Å². The molecule has 0 atom stereocenters. The van der Waals surface area contributed by atoms with Crippen molar-refractivity contribution >= 4 is 74.9 Å². The molecule has 0 nitrogen and oxygen atoms in total. The van der Waals surface area contributed by atoms with Crippen LogP contribution < -0.4 is 0 Å². The van der Waals surface area contributed by atoms with Crippen LogP contribution in [0.5, 0.6) is 0 Å². The molecule has 0 fully saturated rings. The van der Waals surface area contributed by atoms with Gasteiger partial charge in [-0.3, -0.25) is 0 Å². The second-order valence-electron chi connectivity index (χ2n) is 15.2. The third-order valence-corrected chi connectivity index (χ3v) is 15.2. The predicted molar refractivity (Wildman–Crippen MR) is 246 cm³/mol. The van der Waals surface area contributed by atoms with Crippen molar-refractivity contribution < 1.29 is 0 Å². The lowest BCUT2D eigenvalue weighted by Crippen LogP contribution is -1.84. The first kappa shape index (κ1) is 40.8. The van der Waals surface area contributed by atoms with E-state index in [9.17, 15) is 0 Å². The van der Waals surface area contributed by atoms with Crippen LogP contribution in [0, 0.1) is 23.7 Å². The molecule has 0 amide bonds. The lowest BCUT2D eigenvalue weighted by Gasteiger charge is -2.01. The Balaban J connectivity index is 0.966. The largest absolute Gasteiger partial charge is 0.134 e. The number of rotatable bonds is 22. The molecular formula is C50H60S4. The van der Waals surface area contributed by atoms with Gasteiger partial charge in [-0.1, -0.05) is 165 Å². The van der Waals surface area contributed by atoms with Crippen LogP contribution >= 0.6 is 45.3 Å². The third-order valence-electron chi connectivity index (χ3n) is 10.6. The number of hydrogen-bond acceptors (Lipinski definition) is 4. The number of benzene rings is 2. The molecule has 54 heavy (non-hydrogen) atoms. The van der Waals surface area contributed by atoms with Crippen molar-refractivity contribution in [2.24, 2.45) is 0 Å². The van der Waals surface area contributed by atoms with Crippen LogP contribution in [0.25, 0.3) is 29.6 Å². The average molecular weight is 789 g/mol. The van der Waals surface area contributed by atoms with E-state index in [1.165, 1.54) is 190 Å². The fourth-order valence-corrected chi connectivity index (χ4v) is 11.9. The van der Waals surface area contributed by atoms with Crippen LogP contribution in [-0.4, -0.2) is 0 Å². The highest BCUT2D eigenvalue weighted by atomic mass is 32.1. The Labute approximate surface area is 342 Å². The zero-order valence-electron chi connectivity index (χ0n) is 33.0. The summed E-state index contributed by atoms with van der Waals surface area (Å²) in [6.07, 6.45) is 30.2. The van der Waals surface area contributed by atoms with Gasteiger partial charge < -0.3 is 0 Å². The minimum atomic E-state index is 1.10. The van der Waals surface area contributed by atoms with Gasteiger partial charge in [0.1, 0.15) is 0 Å². The van der Waals surface area contributed by atoms with Gasteiger partial charge in [0.25, 0.3) is 0 Å². The molecule has 2 aromatic carbocycles. The molecule has 0 saturated heterocycles. The van der Waals surface area contributed by atoms with Crippen LogP contribution in [0.15, 0.2) is 60.7 Å². The van der Waals surface area contributed by atoms with Crippen LogP contribution in [0.2, 0.25) is 0 Å². The molecule has 0 unspecified atom stereocenters. The van der Waals surface area contributed by atoms with Crippen LogP contribution in [0.3, 0.4) is 0 Å². The molecule has 0 N–H and O–H groups in total. The van der Waals surface area contributed by atoms with E-state index in [1.807, 2.05) is 45.3 Å². The van der Waals surface area contributed by atoms with Crippen molar-refractivity contribution in [3.05, 3.63) is 91.3 Å². The van der Waals surface area contributed by atoms with Gasteiger partial charge in [-0.25, -0.2) is 0 Å². The van der Waals surface area contributed by atoms with Gasteiger partial charge >= 0.3 is 0 Å². The molecule has 6 aromatic rings. The zero-order chi connectivity index (χ0) is 37.2. The van der Waals surface area contributed by atoms with E-state index < -0.39 is 0 Å². The summed E-state index contributed by atoms with van der Waals surface area (Å²) >= 11 is 7.55. The quantitative estimate of drug-likeness (QED) is 0.0475. The number of hydrogen-bond donors (Lipinski definition) is 0. The highest BCUT2D eigenvalue weighted by Gasteiger charge is 2.13. The lowest BCUT2D eigenvalue weighted by molar-refractivity contribution is 0.557. The maximum atomic E-state index is 3.47. The molecule has 4 aromatic heterocycles. The third kappa shape index (κ3) is 12.6. The molecule has 0 aliphatic carbocycles. The maximum absolute atomic E-state index is 3.47. The first-order valence-corrected chi connectivity index (χ1v) is 24.6. The second-order valence-corrected chi connectivity index (χ2v) is 19.6. The summed E-state index contributed by atoms with van der Waals surface area (Å²) in [6.45, 7) is 4.59. The Morgan fingerprint density at radius 1 is 0.370 bits per heavy atom. The summed E-state index contributed by atoms with van der Waals surface area (Å²) in [5, 5.41) is 2.69. The maximum Gasteiger partial charge on any atom is 0.0775 e. The summed E-state index contributed by atoms with van der Waals surface area (Å²) in [5.41, 5.74) is 2.20. The Bertz CT molecular complexity index is 1990. The van der Waals surface area contributed by atoms with E-state index in [4.69, 9.17) is 0 Å². The fourth-order valence-electron chi connectivity index (χ4n) is 7.41. The summed E-state index contributed by atoms with van der Waals surface area (Å²) in [4.78, 5) is 5.31. The van der Waals surface area contributed by atoms with Gasteiger partial charge in [-0.05, 0) is 74.2 Å². The molecule has 4 heterocycles. The minimum absolute atomic E-state index is 1.10. The average Bonchev–Trinajstić information content (AvgIpc) is 3.99. The van der Waals surface area contributed by atoms with E-state index in [2.05, 4.69) is 98.2 Å². The highest BCUT2D eigenvalue weighted by molar-refractivity contribution is 7.36. The van der Waals surface area contributed by atoms with E-state index in [-0.39, 0.29) is 0 Å². The van der Waals surface area contributed by atoms with Crippen molar-refractivity contribution in [2.75, 3.05) is 0 Å². The number of thiophene rings is 4. The highest BCUT2D eigenvalue weighted by Crippen LogP contribution is 2.44. The normalized spacial score (nSPS) is 11.4. The Hall–Kier alpha value is -2.86. The molecule has 0 bridgehead atoms. The molecule has 0 saturated carbocycles. The predicted octanol–water partition coefficient (Wildman–Crippen LogP) is 17.1. The SMILES string of the molecule is CCCCCCCCCCCCc1ccc(C#Cc2ccc3c(c2)sc2c4ccc(C#Cc5ccc(CCCCCCCCCCCC)s5)cc4sc32)s1. The fraction of sp³-hybridized carbons (Fsp3) is 0.480. The molecule has 0 aliphatic heterocycles. The second kappa shape index (κ2) is 22.6. The molecule has 0 radical (unpaired) electrons. The van der Waals surface area contributed by atoms with Crippen molar-refractivity contribution in [2.45, 2.75) is 155 Å². The van der Waals surface area contributed by atoms with Gasteiger partial charge in [-0.2, -0.15) is 0 Å². The van der Waals surface area contributed by atoms with Crippen LogP contribution in [-0.2, 0) is 12.8 Å². The summed E-state index contributed by atoms with van der Waals surface area (Å²) in [7, 11) is 0. The van der Waals surface area contributed by atoms with Crippen molar-refractivity contribution in [1.29, 1.82) is 0 Å². The Morgan fingerprint density at radius 2 is 0.741 bits per heavy atom. The van der Waals surface area contributed by atoms with Crippen molar-refractivity contribution in [1.82, 2.24) is 0 Å². The van der Waals surface area contributed by atoms with Crippen molar-refractivity contribution in [3.8, 4) is 23.7 Å². The molecule has 0 spiro atoms. The van der Waals surface area contributed by atoms with E-state index >= 15 is 0 Å². The molecule has 6 rings (SSSR count). The molecule has 284 valence electrons. The first-order chi connectivity index (χ1) is 26.7. The van der Waals surface area contributed by atoms with Crippen molar-refractivity contribution in [3.63, 3.8) is 0 Å². The summed E-state index contributed by atoms with van der Waals surface area (Å²) < 4.78 is 5.43. The van der Waals surface area contributed by atoms with Crippen LogP contribution in [0.4, 0.5) is 0 Å². The molecular weight excluding hydrogens is 729 g/mol. The molecule has 0 aliphatic rings. The van der Waals surface area contributed by atoms with Crippen LogP contribution in [0.1, 0.15) is 173 Å². The Kier molecular flexibility index (Phi) is 17.1. The zero-order valence-corrected chi connectivity index (χ0v) is 36.2. The summed E-state index contributed by atoms with van der Waals surface area (Å²) in [5.74, 6) is 13.9. The monoisotopic (exact) mass is 788 g/mol. The minimum Gasteiger partial charge on any atom is -0.134 e. The topological polar surface area (TPSA) is 0 Å². The van der Waals surface area contributed by atoms with E-state index in [0.29, 0.717) is 0 Å². The van der Waals surface area contributed by atoms with Gasteiger partial charge in [0.05, 0.1) is 19.2 Å². The van der Waals surface area contributed by atoms with Gasteiger partial charge in [0.15, 0.2) is 0 Å². The number of unbranched alkanes of at least 4 members (excludes halogenated alkanes) is 18. The lowest BCUT2D eigenvalue weighted by atomic mass is 10.1. The molecule has 4 heteroatoms. The number of aryl methyl sites for hydroxylation is 2. The van der Waals surface area contributed by atoms with Gasteiger partial charge in [-0.15, -0.1) is 45.3 Å². The number of fused-ring (bicyclic) bond motifs is 5. The first-order valence-electron chi connectivity index (χ1n) is 21.3. The smallest absolute Gasteiger partial charge is 0.0775 e. The van der Waals surface area contributed by atoms with E-state index in [0.717, 1.165) is 11.1 Å². The van der Waals surface area contributed by atoms with Gasteiger partial charge in [0, 0.05) is 41.1 Å². The standard InChI is InChI=1S/C50H60S4/c1-3-5-7-9-11-13-15-17-19-21-23-41-31-33-43(51-41)29-25-39-27-35-45-47(37-39)53-50-46-36-28-40(38-48(46)54-49(45)50)26-30-44-34-32-42(52-44)24-22-20-18-16-14-12-10-8-6-4-2/h27-28,31-38H,3-24H2,1-2H3. The van der Waals surface area contributed by atoms with E-state index in [1.54, 1.807) is 0 Å².